The third kappa shape index (κ3) is 3.97. The fourth-order valence-electron chi connectivity index (χ4n) is 4.26. The summed E-state index contributed by atoms with van der Waals surface area (Å²) in [6.45, 7) is 2.40. The summed E-state index contributed by atoms with van der Waals surface area (Å²) in [7, 11) is 3.85. The molecule has 1 saturated heterocycles. The summed E-state index contributed by atoms with van der Waals surface area (Å²) in [5, 5.41) is 13.5. The van der Waals surface area contributed by atoms with Crippen molar-refractivity contribution in [3.05, 3.63) is 94.0 Å². The Morgan fingerprint density at radius 3 is 2.03 bits per heavy atom. The molecule has 1 fully saturated rings. The van der Waals surface area contributed by atoms with Crippen LogP contribution < -0.4 is 9.80 Å². The van der Waals surface area contributed by atoms with Gasteiger partial charge in [-0.15, -0.1) is 0 Å². The minimum absolute atomic E-state index is 0.328. The second-order valence-corrected chi connectivity index (χ2v) is 9.19. The molecule has 0 radical (unpaired) electrons. The van der Waals surface area contributed by atoms with Gasteiger partial charge in [-0.1, -0.05) is 53.0 Å². The smallest absolute Gasteiger partial charge is 0.332 e. The number of aliphatic hydroxyl groups is 1. The number of nitrogens with zero attached hydrogens (tertiary/aromatic N) is 3. The average molecular weight is 470 g/mol. The van der Waals surface area contributed by atoms with E-state index in [0.717, 1.165) is 5.56 Å². The number of aryl methyl sites for hydroxylation is 1. The number of urea groups is 1. The van der Waals surface area contributed by atoms with E-state index in [1.165, 1.54) is 4.90 Å². The lowest BCUT2D eigenvalue weighted by atomic mass is 9.92. The van der Waals surface area contributed by atoms with Crippen molar-refractivity contribution in [1.29, 1.82) is 0 Å². The highest BCUT2D eigenvalue weighted by atomic mass is 35.5. The molecular formula is C25H25Cl2N3O2. The predicted octanol–water partition coefficient (Wildman–Crippen LogP) is 5.52. The van der Waals surface area contributed by atoms with Crippen molar-refractivity contribution in [2.75, 3.05) is 30.4 Å². The van der Waals surface area contributed by atoms with Crippen LogP contribution >= 0.6 is 23.2 Å². The number of hydrogen-bond donors (Lipinski definition) is 1. The van der Waals surface area contributed by atoms with E-state index >= 15 is 0 Å². The van der Waals surface area contributed by atoms with Crippen LogP contribution in [0.4, 0.5) is 16.2 Å². The molecule has 0 aliphatic carbocycles. The third-order valence-corrected chi connectivity index (χ3v) is 6.19. The Morgan fingerprint density at radius 2 is 1.50 bits per heavy atom. The Kier molecular flexibility index (Phi) is 6.19. The number of rotatable bonds is 5. The van der Waals surface area contributed by atoms with E-state index in [9.17, 15) is 9.90 Å². The SMILES string of the molecule is Cc1cccc(C2(O)[C@H](CN(C)C)N(c3ccc(Cl)cc3)C(=O)N2c2ccc(Cl)cc2)c1. The second kappa shape index (κ2) is 8.75. The molecule has 0 bridgehead atoms. The van der Waals surface area contributed by atoms with Crippen molar-refractivity contribution in [2.45, 2.75) is 18.7 Å². The maximum atomic E-state index is 13.9. The molecule has 1 unspecified atom stereocenters. The minimum atomic E-state index is -1.62. The van der Waals surface area contributed by atoms with Crippen LogP contribution in [0, 0.1) is 6.92 Å². The van der Waals surface area contributed by atoms with Gasteiger partial charge in [-0.3, -0.25) is 9.80 Å². The summed E-state index contributed by atoms with van der Waals surface area (Å²) in [5.74, 6) is 0. The number of hydrogen-bond acceptors (Lipinski definition) is 3. The fraction of sp³-hybridized carbons (Fsp3) is 0.240. The van der Waals surface area contributed by atoms with Crippen molar-refractivity contribution < 1.29 is 9.90 Å². The van der Waals surface area contributed by atoms with Crippen LogP contribution in [0.25, 0.3) is 0 Å². The molecule has 32 heavy (non-hydrogen) atoms. The molecule has 166 valence electrons. The van der Waals surface area contributed by atoms with Crippen LogP contribution in [0.5, 0.6) is 0 Å². The van der Waals surface area contributed by atoms with Crippen molar-refractivity contribution in [2.24, 2.45) is 0 Å². The third-order valence-electron chi connectivity index (χ3n) is 5.69. The lowest BCUT2D eigenvalue weighted by Gasteiger charge is -2.38. The maximum Gasteiger partial charge on any atom is 0.332 e. The first kappa shape index (κ1) is 22.6. The first-order valence-electron chi connectivity index (χ1n) is 10.3. The van der Waals surface area contributed by atoms with Crippen molar-refractivity contribution >= 4 is 40.6 Å². The lowest BCUT2D eigenvalue weighted by Crippen LogP contribution is -2.53. The maximum absolute atomic E-state index is 13.9. The second-order valence-electron chi connectivity index (χ2n) is 8.31. The summed E-state index contributed by atoms with van der Waals surface area (Å²) < 4.78 is 0. The zero-order valence-corrected chi connectivity index (χ0v) is 19.7. The van der Waals surface area contributed by atoms with Crippen molar-refractivity contribution in [3.63, 3.8) is 0 Å². The number of benzene rings is 3. The monoisotopic (exact) mass is 469 g/mol. The van der Waals surface area contributed by atoms with Gasteiger partial charge < -0.3 is 10.0 Å². The minimum Gasteiger partial charge on any atom is -0.365 e. The average Bonchev–Trinajstić information content (AvgIpc) is 2.97. The van der Waals surface area contributed by atoms with E-state index in [1.54, 1.807) is 53.4 Å². The van der Waals surface area contributed by atoms with E-state index in [1.807, 2.05) is 50.2 Å². The van der Waals surface area contributed by atoms with Gasteiger partial charge in [0.15, 0.2) is 5.72 Å². The molecular weight excluding hydrogens is 445 g/mol. The van der Waals surface area contributed by atoms with Crippen LogP contribution in [-0.2, 0) is 5.72 Å². The quantitative estimate of drug-likeness (QED) is 0.534. The summed E-state index contributed by atoms with van der Waals surface area (Å²) in [5.41, 5.74) is 1.23. The van der Waals surface area contributed by atoms with Gasteiger partial charge in [0.05, 0.1) is 0 Å². The molecule has 1 N–H and O–H groups in total. The fourth-order valence-corrected chi connectivity index (χ4v) is 4.51. The zero-order chi connectivity index (χ0) is 23.0. The Hall–Kier alpha value is -2.57. The largest absolute Gasteiger partial charge is 0.365 e. The molecule has 0 spiro atoms. The lowest BCUT2D eigenvalue weighted by molar-refractivity contribution is 0.0242. The van der Waals surface area contributed by atoms with Gasteiger partial charge >= 0.3 is 6.03 Å². The molecule has 2 atom stereocenters. The number of likely N-dealkylation sites (N-methyl/N-ethyl adjacent to an activating group) is 1. The molecule has 0 saturated carbocycles. The van der Waals surface area contributed by atoms with Gasteiger partial charge in [0, 0.05) is 33.5 Å². The molecule has 0 aromatic heterocycles. The molecule has 1 aliphatic rings. The van der Waals surface area contributed by atoms with Gasteiger partial charge in [-0.2, -0.15) is 0 Å². The molecule has 3 aromatic rings. The number of carbonyl (C=O) groups is 1. The summed E-state index contributed by atoms with van der Waals surface area (Å²) in [4.78, 5) is 19.0. The molecule has 1 heterocycles. The first-order chi connectivity index (χ1) is 15.2. The van der Waals surface area contributed by atoms with Crippen molar-refractivity contribution in [1.82, 2.24) is 4.90 Å². The molecule has 2 amide bonds. The van der Waals surface area contributed by atoms with Crippen molar-refractivity contribution in [3.8, 4) is 0 Å². The summed E-state index contributed by atoms with van der Waals surface area (Å²) >= 11 is 12.2. The Bertz CT molecular complexity index is 1120. The van der Waals surface area contributed by atoms with E-state index < -0.39 is 11.8 Å². The zero-order valence-electron chi connectivity index (χ0n) is 18.2. The van der Waals surface area contributed by atoms with E-state index in [-0.39, 0.29) is 6.03 Å². The van der Waals surface area contributed by atoms with Crippen LogP contribution in [0.3, 0.4) is 0 Å². The molecule has 4 rings (SSSR count). The van der Waals surface area contributed by atoms with Gasteiger partial charge in [-0.05, 0) is 69.6 Å². The van der Waals surface area contributed by atoms with Gasteiger partial charge in [0.25, 0.3) is 0 Å². The first-order valence-corrected chi connectivity index (χ1v) is 11.1. The van der Waals surface area contributed by atoms with Gasteiger partial charge in [-0.25, -0.2) is 4.79 Å². The van der Waals surface area contributed by atoms with E-state index in [0.29, 0.717) is 33.5 Å². The highest BCUT2D eigenvalue weighted by Crippen LogP contribution is 2.45. The highest BCUT2D eigenvalue weighted by Gasteiger charge is 2.58. The van der Waals surface area contributed by atoms with Gasteiger partial charge in [0.2, 0.25) is 0 Å². The highest BCUT2D eigenvalue weighted by molar-refractivity contribution is 6.31. The Morgan fingerprint density at radius 1 is 0.938 bits per heavy atom. The number of carbonyl (C=O) groups excluding carboxylic acids is 1. The van der Waals surface area contributed by atoms with Crippen LogP contribution in [-0.4, -0.2) is 42.7 Å². The molecule has 7 heteroatoms. The number of anilines is 2. The van der Waals surface area contributed by atoms with Gasteiger partial charge in [0.1, 0.15) is 6.04 Å². The molecule has 5 nitrogen and oxygen atoms in total. The Labute approximate surface area is 198 Å². The normalized spacial score (nSPS) is 21.0. The van der Waals surface area contributed by atoms with Crippen LogP contribution in [0.1, 0.15) is 11.1 Å². The molecule has 1 aliphatic heterocycles. The predicted molar refractivity (Wildman–Crippen MR) is 131 cm³/mol. The van der Waals surface area contributed by atoms with E-state index in [2.05, 4.69) is 0 Å². The number of halogens is 2. The summed E-state index contributed by atoms with van der Waals surface area (Å²) in [6.07, 6.45) is 0. The standard InChI is InChI=1S/C25H25Cl2N3O2/c1-17-5-4-6-18(15-17)25(32)23(16-28(2)3)29(21-11-7-19(26)8-12-21)24(31)30(25)22-13-9-20(27)10-14-22/h4-15,23,32H,16H2,1-3H3/t23-,25?/m0/s1. The van der Waals surface area contributed by atoms with E-state index in [4.69, 9.17) is 23.2 Å². The molecule has 3 aromatic carbocycles. The topological polar surface area (TPSA) is 47.0 Å². The summed E-state index contributed by atoms with van der Waals surface area (Å²) in [6, 6.07) is 20.7. The Balaban J connectivity index is 1.96. The number of amides is 2. The van der Waals surface area contributed by atoms with Crippen LogP contribution in [0.15, 0.2) is 72.8 Å². The van der Waals surface area contributed by atoms with Crippen LogP contribution in [0.2, 0.25) is 10.0 Å².